The first-order valence-corrected chi connectivity index (χ1v) is 25.8. The summed E-state index contributed by atoms with van der Waals surface area (Å²) in [5.74, 6) is -0.682. The number of carbonyl (C=O) groups is 1. The Hall–Kier alpha value is -6.01. The molecule has 1 spiro atoms. The summed E-state index contributed by atoms with van der Waals surface area (Å²) in [6.07, 6.45) is 10.8. The van der Waals surface area contributed by atoms with Gasteiger partial charge in [-0.2, -0.15) is 0 Å². The van der Waals surface area contributed by atoms with Crippen LogP contribution in [0, 0.1) is 21.4 Å². The summed E-state index contributed by atoms with van der Waals surface area (Å²) in [4.78, 5) is 51.9. The normalized spacial score (nSPS) is 21.1. The Morgan fingerprint density at radius 2 is 1.75 bits per heavy atom. The number of anilines is 2. The van der Waals surface area contributed by atoms with Gasteiger partial charge in [-0.15, -0.1) is 0 Å². The standard InChI is InChI=1S/C51H58ClN9O7S/c1-50(2)18-15-36(41(30-50)34-5-7-37(52)8-6-34)32-58-22-24-59(25-23-58)38-9-11-40(43(28-38)60-45-27-35-16-21-53-47(35)55-46(45)49(63)57(60)3)48(62)56-69(66,67)39-10-12-42(44(29-39)61(64)65)54-31-33-13-19-51(20-14-33)17-4-26-68-51/h5-12,16,21,27-29,33,54H,4,13-15,17-20,22-26,30-32H2,1-3H3,(H,53,55)(H,56,62)/t33-,51-. The molecule has 0 atom stereocenters. The number of nitrogens with zero attached hydrogens (tertiary/aromatic N) is 6. The van der Waals surface area contributed by atoms with Crippen LogP contribution >= 0.6 is 11.6 Å². The average Bonchev–Trinajstić information content (AvgIpc) is 4.06. The summed E-state index contributed by atoms with van der Waals surface area (Å²) in [7, 11) is -3.07. The number of nitrogens with one attached hydrogen (secondary N) is 3. The molecule has 69 heavy (non-hydrogen) atoms. The number of halogens is 1. The van der Waals surface area contributed by atoms with Crippen molar-refractivity contribution in [3.05, 3.63) is 121 Å². The number of sulfonamides is 1. The van der Waals surface area contributed by atoms with Crippen molar-refractivity contribution in [3.8, 4) is 5.69 Å². The summed E-state index contributed by atoms with van der Waals surface area (Å²) in [5.41, 5.74) is 5.74. The number of amides is 1. The number of nitro groups is 1. The summed E-state index contributed by atoms with van der Waals surface area (Å²) in [6, 6.07) is 20.6. The van der Waals surface area contributed by atoms with Crippen LogP contribution in [-0.4, -0.2) is 95.0 Å². The predicted octanol–water partition coefficient (Wildman–Crippen LogP) is 8.82. The molecule has 362 valence electrons. The number of hydrogen-bond donors (Lipinski definition) is 3. The van der Waals surface area contributed by atoms with Crippen molar-refractivity contribution in [2.24, 2.45) is 18.4 Å². The fourth-order valence-electron chi connectivity index (χ4n) is 11.0. The third-order valence-corrected chi connectivity index (χ3v) is 16.6. The van der Waals surface area contributed by atoms with Gasteiger partial charge in [-0.25, -0.2) is 27.5 Å². The molecule has 0 bridgehead atoms. The molecule has 3 N–H and O–H groups in total. The number of carbonyl (C=O) groups excluding carboxylic acids is 1. The average molecular weight is 977 g/mol. The summed E-state index contributed by atoms with van der Waals surface area (Å²) in [5, 5.41) is 17.0. The maximum absolute atomic E-state index is 14.4. The number of nitro benzene ring substituents is 1. The van der Waals surface area contributed by atoms with Crippen LogP contribution in [0.1, 0.15) is 87.6 Å². The molecule has 10 rings (SSSR count). The minimum absolute atomic E-state index is 0.0313. The molecule has 0 radical (unpaired) electrons. The van der Waals surface area contributed by atoms with Gasteiger partial charge in [0, 0.05) is 81.3 Å². The van der Waals surface area contributed by atoms with Crippen LogP contribution in [0.3, 0.4) is 0 Å². The van der Waals surface area contributed by atoms with Crippen molar-refractivity contribution in [1.82, 2.24) is 29.0 Å². The SMILES string of the molecule is Cn1c(=O)c2nc3[nH]ccc3cc2n1-c1cc(N2CCN(CC3=C(c4ccc(Cl)cc4)CC(C)(C)CC3)CC2)ccc1C(=O)NS(=O)(=O)c1ccc(NC[C@H]2CC[C@@]3(CCCO3)CC2)c([N+](=O)[O-])c1. The van der Waals surface area contributed by atoms with Gasteiger partial charge in [0.1, 0.15) is 11.3 Å². The lowest BCUT2D eigenvalue weighted by atomic mass is 9.72. The topological polar surface area (TPSA) is 190 Å². The summed E-state index contributed by atoms with van der Waals surface area (Å²) < 4.78 is 39.2. The van der Waals surface area contributed by atoms with E-state index in [0.29, 0.717) is 36.7 Å². The molecule has 1 saturated carbocycles. The number of fused-ring (bicyclic) bond motifs is 2. The van der Waals surface area contributed by atoms with Crippen LogP contribution in [-0.2, 0) is 21.8 Å². The first-order valence-electron chi connectivity index (χ1n) is 23.9. The van der Waals surface area contributed by atoms with Crippen molar-refractivity contribution in [2.45, 2.75) is 82.1 Å². The van der Waals surface area contributed by atoms with Gasteiger partial charge in [-0.1, -0.05) is 43.2 Å². The van der Waals surface area contributed by atoms with Gasteiger partial charge in [-0.05, 0) is 135 Å². The Bertz CT molecular complexity index is 3170. The molecule has 1 amide bonds. The van der Waals surface area contributed by atoms with Crippen LogP contribution in [0.5, 0.6) is 0 Å². The number of pyridine rings is 1. The monoisotopic (exact) mass is 975 g/mol. The molecular weight excluding hydrogens is 918 g/mol. The number of rotatable bonds is 12. The Kier molecular flexibility index (Phi) is 12.4. The van der Waals surface area contributed by atoms with Crippen LogP contribution in [0.4, 0.5) is 17.1 Å². The Balaban J connectivity index is 0.913. The fraction of sp³-hybridized carbons (Fsp3) is 0.431. The molecule has 16 nitrogen and oxygen atoms in total. The van der Waals surface area contributed by atoms with Gasteiger partial charge in [0.15, 0.2) is 5.52 Å². The highest BCUT2D eigenvalue weighted by molar-refractivity contribution is 7.90. The molecule has 4 aliphatic rings. The van der Waals surface area contributed by atoms with E-state index >= 15 is 0 Å². The van der Waals surface area contributed by atoms with Gasteiger partial charge < -0.3 is 19.9 Å². The molecule has 2 aliphatic carbocycles. The molecule has 3 fully saturated rings. The zero-order chi connectivity index (χ0) is 48.2. The third kappa shape index (κ3) is 9.41. The van der Waals surface area contributed by atoms with Gasteiger partial charge in [0.05, 0.1) is 32.2 Å². The van der Waals surface area contributed by atoms with E-state index in [1.54, 1.807) is 36.1 Å². The highest BCUT2D eigenvalue weighted by Crippen LogP contribution is 2.44. The van der Waals surface area contributed by atoms with Gasteiger partial charge in [0.25, 0.3) is 27.2 Å². The Morgan fingerprint density at radius 1 is 0.986 bits per heavy atom. The zero-order valence-electron chi connectivity index (χ0n) is 39.2. The molecule has 18 heteroatoms. The highest BCUT2D eigenvalue weighted by Gasteiger charge is 2.39. The van der Waals surface area contributed by atoms with Gasteiger partial charge in [-0.3, -0.25) is 24.6 Å². The lowest BCUT2D eigenvalue weighted by Gasteiger charge is -2.39. The Labute approximate surface area is 405 Å². The van der Waals surface area contributed by atoms with E-state index < -0.39 is 37.0 Å². The maximum Gasteiger partial charge on any atom is 0.293 e. The summed E-state index contributed by atoms with van der Waals surface area (Å²) in [6.45, 7) is 9.75. The molecule has 2 saturated heterocycles. The van der Waals surface area contributed by atoms with E-state index in [4.69, 9.17) is 16.3 Å². The molecule has 3 aromatic carbocycles. The van der Waals surface area contributed by atoms with Crippen molar-refractivity contribution >= 4 is 72.2 Å². The van der Waals surface area contributed by atoms with Gasteiger partial charge >= 0.3 is 0 Å². The van der Waals surface area contributed by atoms with E-state index in [2.05, 4.69) is 55.8 Å². The van der Waals surface area contributed by atoms with Crippen LogP contribution in [0.15, 0.2) is 94.3 Å². The van der Waals surface area contributed by atoms with E-state index in [1.807, 2.05) is 24.3 Å². The van der Waals surface area contributed by atoms with E-state index in [0.717, 1.165) is 106 Å². The predicted molar refractivity (Wildman–Crippen MR) is 269 cm³/mol. The Morgan fingerprint density at radius 3 is 2.48 bits per heavy atom. The smallest absolute Gasteiger partial charge is 0.293 e. The van der Waals surface area contributed by atoms with Crippen LogP contribution in [0.25, 0.3) is 33.3 Å². The second-order valence-electron chi connectivity index (χ2n) is 20.1. The van der Waals surface area contributed by atoms with Crippen molar-refractivity contribution < 1.29 is 22.9 Å². The largest absolute Gasteiger partial charge is 0.379 e. The van der Waals surface area contributed by atoms with Crippen LogP contribution in [0.2, 0.25) is 5.02 Å². The zero-order valence-corrected chi connectivity index (χ0v) is 40.8. The van der Waals surface area contributed by atoms with E-state index in [9.17, 15) is 28.1 Å². The molecule has 5 heterocycles. The number of ether oxygens (including phenoxy) is 1. The number of allylic oxidation sites excluding steroid dienone is 1. The number of hydrogen-bond acceptors (Lipinski definition) is 11. The quantitative estimate of drug-likeness (QED) is 0.0785. The second-order valence-corrected chi connectivity index (χ2v) is 22.3. The minimum Gasteiger partial charge on any atom is -0.379 e. The number of aromatic nitrogens is 4. The van der Waals surface area contributed by atoms with E-state index in [1.165, 1.54) is 33.5 Å². The molecular formula is C51H58ClN9O7S. The van der Waals surface area contributed by atoms with Crippen molar-refractivity contribution in [3.63, 3.8) is 0 Å². The maximum atomic E-state index is 14.4. The van der Waals surface area contributed by atoms with Gasteiger partial charge in [0.2, 0.25) is 0 Å². The molecule has 6 aromatic rings. The van der Waals surface area contributed by atoms with Crippen molar-refractivity contribution in [1.29, 1.82) is 0 Å². The molecule has 0 unspecified atom stereocenters. The highest BCUT2D eigenvalue weighted by atomic mass is 35.5. The molecule has 2 aliphatic heterocycles. The summed E-state index contributed by atoms with van der Waals surface area (Å²) >= 11 is 6.27. The number of benzene rings is 3. The van der Waals surface area contributed by atoms with Crippen molar-refractivity contribution in [2.75, 3.05) is 56.1 Å². The fourth-order valence-corrected chi connectivity index (χ4v) is 12.1. The number of piperazine rings is 1. The minimum atomic E-state index is -4.64. The first kappa shape index (κ1) is 46.7. The lowest BCUT2D eigenvalue weighted by molar-refractivity contribution is -0.384. The number of H-pyrrole nitrogens is 1. The lowest BCUT2D eigenvalue weighted by Crippen LogP contribution is -2.47. The second kappa shape index (κ2) is 18.4. The number of aromatic amines is 1. The van der Waals surface area contributed by atoms with Crippen LogP contribution < -0.4 is 20.5 Å². The molecule has 3 aromatic heterocycles. The first-order chi connectivity index (χ1) is 33.1. The van der Waals surface area contributed by atoms with E-state index in [-0.39, 0.29) is 33.5 Å². The third-order valence-electron chi connectivity index (χ3n) is 15.0.